The molecule has 166 valence electrons. The van der Waals surface area contributed by atoms with Crippen LogP contribution in [0.15, 0.2) is 54.9 Å². The van der Waals surface area contributed by atoms with Crippen LogP contribution >= 0.6 is 0 Å². The molecule has 0 unspecified atom stereocenters. The van der Waals surface area contributed by atoms with E-state index in [1.165, 1.54) is 59.5 Å². The number of nitro benzene ring substituents is 1. The summed E-state index contributed by atoms with van der Waals surface area (Å²) in [7, 11) is 0. The van der Waals surface area contributed by atoms with Crippen LogP contribution in [0.25, 0.3) is 5.69 Å². The Labute approximate surface area is 179 Å². The predicted molar refractivity (Wildman–Crippen MR) is 108 cm³/mol. The molecule has 0 saturated carbocycles. The molecule has 2 N–H and O–H groups in total. The smallest absolute Gasteiger partial charge is 0.343 e. The maximum absolute atomic E-state index is 12.6. The summed E-state index contributed by atoms with van der Waals surface area (Å²) >= 11 is 0. The fraction of sp³-hybridized carbons (Fsp3) is 0.150. The average Bonchev–Trinajstić information content (AvgIpc) is 3.23. The molecule has 3 aromatic rings. The maximum atomic E-state index is 12.6. The number of halogens is 3. The Morgan fingerprint density at radius 3 is 2.41 bits per heavy atom. The van der Waals surface area contributed by atoms with Gasteiger partial charge in [-0.15, -0.1) is 0 Å². The maximum Gasteiger partial charge on any atom is 0.405 e. The fourth-order valence-corrected chi connectivity index (χ4v) is 2.68. The van der Waals surface area contributed by atoms with Gasteiger partial charge in [-0.1, -0.05) is 6.07 Å². The molecule has 32 heavy (non-hydrogen) atoms. The van der Waals surface area contributed by atoms with Gasteiger partial charge in [0.1, 0.15) is 6.54 Å². The summed E-state index contributed by atoms with van der Waals surface area (Å²) in [4.78, 5) is 34.8. The molecule has 0 spiro atoms. The summed E-state index contributed by atoms with van der Waals surface area (Å²) in [5, 5.41) is 19.2. The number of rotatable bonds is 6. The highest BCUT2D eigenvalue weighted by atomic mass is 19.4. The number of amides is 2. The van der Waals surface area contributed by atoms with Crippen molar-refractivity contribution in [1.29, 1.82) is 0 Å². The summed E-state index contributed by atoms with van der Waals surface area (Å²) < 4.78 is 38.3. The first-order valence-corrected chi connectivity index (χ1v) is 9.10. The second-order valence-electron chi connectivity index (χ2n) is 6.73. The van der Waals surface area contributed by atoms with Crippen molar-refractivity contribution in [2.24, 2.45) is 0 Å². The van der Waals surface area contributed by atoms with E-state index in [4.69, 9.17) is 0 Å². The van der Waals surface area contributed by atoms with Gasteiger partial charge in [-0.25, -0.2) is 4.68 Å². The Hall–Kier alpha value is -4.22. The van der Waals surface area contributed by atoms with Gasteiger partial charge in [0, 0.05) is 29.6 Å². The minimum Gasteiger partial charge on any atom is -0.343 e. The normalized spacial score (nSPS) is 11.1. The molecule has 0 aliphatic carbocycles. The fourth-order valence-electron chi connectivity index (χ4n) is 2.68. The van der Waals surface area contributed by atoms with E-state index in [1.807, 2.05) is 0 Å². The van der Waals surface area contributed by atoms with Gasteiger partial charge in [-0.3, -0.25) is 19.7 Å². The largest absolute Gasteiger partial charge is 0.405 e. The van der Waals surface area contributed by atoms with E-state index >= 15 is 0 Å². The van der Waals surface area contributed by atoms with E-state index in [0.717, 1.165) is 0 Å². The van der Waals surface area contributed by atoms with Crippen LogP contribution in [-0.4, -0.2) is 39.2 Å². The summed E-state index contributed by atoms with van der Waals surface area (Å²) in [6, 6.07) is 9.67. The first-order chi connectivity index (χ1) is 15.0. The number of hydrogen-bond donors (Lipinski definition) is 2. The standard InChI is InChI=1S/C20H16F3N5O4/c1-12-2-3-13(18(29)24-11-20(21,22)23)8-17(12)26-19(30)14-9-25-27(10-14)15-4-6-16(7-5-15)28(31)32/h2-10H,11H2,1H3,(H,24,29)(H,26,30). The van der Waals surface area contributed by atoms with Crippen LogP contribution in [0.4, 0.5) is 24.5 Å². The topological polar surface area (TPSA) is 119 Å². The third kappa shape index (κ3) is 5.47. The van der Waals surface area contributed by atoms with Crippen LogP contribution in [0.5, 0.6) is 0 Å². The monoisotopic (exact) mass is 447 g/mol. The molecule has 0 atom stereocenters. The molecule has 0 bridgehead atoms. The van der Waals surface area contributed by atoms with Gasteiger partial charge in [-0.05, 0) is 36.8 Å². The Kier molecular flexibility index (Phi) is 6.23. The van der Waals surface area contributed by atoms with E-state index in [1.54, 1.807) is 12.2 Å². The Morgan fingerprint density at radius 2 is 1.78 bits per heavy atom. The quantitative estimate of drug-likeness (QED) is 0.442. The molecule has 1 heterocycles. The van der Waals surface area contributed by atoms with Crippen LogP contribution < -0.4 is 10.6 Å². The Morgan fingerprint density at radius 1 is 1.09 bits per heavy atom. The molecule has 0 aliphatic rings. The highest BCUT2D eigenvalue weighted by Crippen LogP contribution is 2.20. The van der Waals surface area contributed by atoms with E-state index in [-0.39, 0.29) is 22.5 Å². The molecule has 1 aromatic heterocycles. The molecule has 0 fully saturated rings. The first kappa shape index (κ1) is 22.5. The Bertz CT molecular complexity index is 1170. The highest BCUT2D eigenvalue weighted by molar-refractivity contribution is 6.05. The summed E-state index contributed by atoms with van der Waals surface area (Å²) in [5.74, 6) is -1.49. The van der Waals surface area contributed by atoms with Gasteiger partial charge < -0.3 is 10.6 Å². The van der Waals surface area contributed by atoms with Crippen LogP contribution in [-0.2, 0) is 0 Å². The second-order valence-corrected chi connectivity index (χ2v) is 6.73. The molecule has 3 rings (SSSR count). The molecule has 12 heteroatoms. The van der Waals surface area contributed by atoms with Gasteiger partial charge in [-0.2, -0.15) is 18.3 Å². The third-order valence-electron chi connectivity index (χ3n) is 4.37. The third-order valence-corrected chi connectivity index (χ3v) is 4.37. The molecule has 9 nitrogen and oxygen atoms in total. The number of aromatic nitrogens is 2. The number of carbonyl (C=O) groups is 2. The number of nitro groups is 1. The second kappa shape index (κ2) is 8.88. The zero-order chi connectivity index (χ0) is 23.5. The SMILES string of the molecule is Cc1ccc(C(=O)NCC(F)(F)F)cc1NC(=O)c1cnn(-c2ccc([N+](=O)[O-])cc2)c1. The number of nitrogens with one attached hydrogen (secondary N) is 2. The molecule has 0 aliphatic heterocycles. The first-order valence-electron chi connectivity index (χ1n) is 9.10. The number of carbonyl (C=O) groups excluding carboxylic acids is 2. The lowest BCUT2D eigenvalue weighted by molar-refractivity contribution is -0.384. The number of non-ortho nitro benzene ring substituents is 1. The lowest BCUT2D eigenvalue weighted by Gasteiger charge is -2.11. The van der Waals surface area contributed by atoms with Crippen molar-refractivity contribution in [3.05, 3.63) is 81.7 Å². The molecule has 2 amide bonds. The number of hydrogen-bond acceptors (Lipinski definition) is 5. The van der Waals surface area contributed by atoms with Gasteiger partial charge in [0.25, 0.3) is 17.5 Å². The average molecular weight is 447 g/mol. The van der Waals surface area contributed by atoms with Crippen molar-refractivity contribution in [2.75, 3.05) is 11.9 Å². The Balaban J connectivity index is 1.73. The lowest BCUT2D eigenvalue weighted by atomic mass is 10.1. The molecular formula is C20H16F3N5O4. The van der Waals surface area contributed by atoms with Gasteiger partial charge >= 0.3 is 6.18 Å². The van der Waals surface area contributed by atoms with Crippen molar-refractivity contribution >= 4 is 23.2 Å². The minimum atomic E-state index is -4.54. The van der Waals surface area contributed by atoms with Crippen LogP contribution in [0.3, 0.4) is 0 Å². The van der Waals surface area contributed by atoms with Crippen molar-refractivity contribution < 1.29 is 27.7 Å². The van der Waals surface area contributed by atoms with Crippen LogP contribution in [0.2, 0.25) is 0 Å². The number of aryl methyl sites for hydroxylation is 1. The predicted octanol–water partition coefficient (Wildman–Crippen LogP) is 3.63. The van der Waals surface area contributed by atoms with Gasteiger partial charge in [0.05, 0.1) is 22.4 Å². The van der Waals surface area contributed by atoms with Gasteiger partial charge in [0.15, 0.2) is 0 Å². The zero-order valence-corrected chi connectivity index (χ0v) is 16.5. The summed E-state index contributed by atoms with van der Waals surface area (Å²) in [5.41, 5.74) is 1.36. The van der Waals surface area contributed by atoms with E-state index in [2.05, 4.69) is 10.4 Å². The number of nitrogens with zero attached hydrogens (tertiary/aromatic N) is 3. The number of anilines is 1. The molecule has 0 saturated heterocycles. The van der Waals surface area contributed by atoms with Crippen molar-refractivity contribution in [1.82, 2.24) is 15.1 Å². The molecular weight excluding hydrogens is 431 g/mol. The van der Waals surface area contributed by atoms with Crippen molar-refractivity contribution in [2.45, 2.75) is 13.1 Å². The lowest BCUT2D eigenvalue weighted by Crippen LogP contribution is -2.33. The summed E-state index contributed by atoms with van der Waals surface area (Å²) in [6.07, 6.45) is -1.85. The number of alkyl halides is 3. The van der Waals surface area contributed by atoms with Gasteiger partial charge in [0.2, 0.25) is 0 Å². The minimum absolute atomic E-state index is 0.0447. The van der Waals surface area contributed by atoms with Crippen LogP contribution in [0.1, 0.15) is 26.3 Å². The van der Waals surface area contributed by atoms with Crippen molar-refractivity contribution in [3.63, 3.8) is 0 Å². The van der Waals surface area contributed by atoms with Crippen LogP contribution in [0, 0.1) is 17.0 Å². The van der Waals surface area contributed by atoms with Crippen molar-refractivity contribution in [3.8, 4) is 5.69 Å². The molecule has 0 radical (unpaired) electrons. The zero-order valence-electron chi connectivity index (χ0n) is 16.5. The van der Waals surface area contributed by atoms with E-state index < -0.39 is 29.5 Å². The van der Waals surface area contributed by atoms with E-state index in [9.17, 15) is 32.9 Å². The number of benzene rings is 2. The summed E-state index contributed by atoms with van der Waals surface area (Å²) in [6.45, 7) is 0.191. The highest BCUT2D eigenvalue weighted by Gasteiger charge is 2.28. The van der Waals surface area contributed by atoms with E-state index in [0.29, 0.717) is 11.3 Å². The molecule has 2 aromatic carbocycles.